The van der Waals surface area contributed by atoms with Crippen molar-refractivity contribution in [3.63, 3.8) is 0 Å². The zero-order chi connectivity index (χ0) is 17.1. The molecule has 2 N–H and O–H groups in total. The number of nitrogens with one attached hydrogen (secondary N) is 2. The molecule has 0 saturated carbocycles. The van der Waals surface area contributed by atoms with E-state index in [0.29, 0.717) is 30.1 Å². The summed E-state index contributed by atoms with van der Waals surface area (Å²) in [6, 6.07) is 8.92. The Labute approximate surface area is 138 Å². The fourth-order valence-electron chi connectivity index (χ4n) is 2.41. The zero-order valence-corrected chi connectivity index (χ0v) is 13.5. The minimum absolute atomic E-state index is 0.247. The number of benzene rings is 1. The molecule has 0 atom stereocenters. The first-order chi connectivity index (χ1) is 11.6. The maximum atomic E-state index is 12.4. The van der Waals surface area contributed by atoms with Gasteiger partial charge in [0.25, 0.3) is 11.5 Å². The number of amides is 1. The number of rotatable bonds is 5. The summed E-state index contributed by atoms with van der Waals surface area (Å²) in [6.07, 6.45) is 1.48. The monoisotopic (exact) mass is 326 g/mol. The van der Waals surface area contributed by atoms with Crippen molar-refractivity contribution in [3.05, 3.63) is 63.7 Å². The van der Waals surface area contributed by atoms with Crippen molar-refractivity contribution in [3.8, 4) is 5.75 Å². The Hall–Kier alpha value is -3.09. The van der Waals surface area contributed by atoms with Crippen molar-refractivity contribution < 1.29 is 9.53 Å². The number of H-pyrrole nitrogens is 1. The van der Waals surface area contributed by atoms with E-state index in [1.165, 1.54) is 16.8 Å². The number of hydrogen-bond donors (Lipinski definition) is 2. The van der Waals surface area contributed by atoms with Gasteiger partial charge in [0.2, 0.25) is 0 Å². The molecule has 0 aliphatic rings. The number of fused-ring (bicyclic) bond motifs is 1. The van der Waals surface area contributed by atoms with Gasteiger partial charge in [0, 0.05) is 24.5 Å². The molecule has 0 bridgehead atoms. The van der Waals surface area contributed by atoms with Gasteiger partial charge in [0.15, 0.2) is 5.65 Å². The first-order valence-corrected chi connectivity index (χ1v) is 7.66. The lowest BCUT2D eigenvalue weighted by molar-refractivity contribution is 0.0952. The molecule has 0 fully saturated rings. The van der Waals surface area contributed by atoms with Gasteiger partial charge in [-0.25, -0.2) is 9.50 Å². The van der Waals surface area contributed by atoms with Gasteiger partial charge in [-0.15, -0.1) is 0 Å². The van der Waals surface area contributed by atoms with E-state index in [1.54, 1.807) is 6.92 Å². The Bertz CT molecular complexity index is 925. The third kappa shape index (κ3) is 3.15. The highest BCUT2D eigenvalue weighted by molar-refractivity contribution is 5.99. The summed E-state index contributed by atoms with van der Waals surface area (Å²) in [5.74, 6) is 0.503. The third-order valence-electron chi connectivity index (χ3n) is 3.56. The Kier molecular flexibility index (Phi) is 4.33. The molecule has 0 unspecified atom stereocenters. The number of hydrogen-bond acceptors (Lipinski definition) is 4. The number of carbonyl (C=O) groups is 1. The van der Waals surface area contributed by atoms with E-state index in [4.69, 9.17) is 4.74 Å². The second kappa shape index (κ2) is 6.57. The van der Waals surface area contributed by atoms with E-state index in [-0.39, 0.29) is 11.5 Å². The number of carbonyl (C=O) groups excluding carboxylic acids is 1. The SMILES string of the molecule is CCOc1ccc(CNC(=O)c2c[nH]n3c(=O)cc(C)nc23)cc1. The second-order valence-corrected chi connectivity index (χ2v) is 5.34. The van der Waals surface area contributed by atoms with Crippen molar-refractivity contribution >= 4 is 11.6 Å². The smallest absolute Gasteiger partial charge is 0.272 e. The van der Waals surface area contributed by atoms with Gasteiger partial charge in [-0.3, -0.25) is 14.7 Å². The van der Waals surface area contributed by atoms with E-state index in [9.17, 15) is 9.59 Å². The van der Waals surface area contributed by atoms with Crippen LogP contribution in [0.2, 0.25) is 0 Å². The number of aromatic amines is 1. The normalized spacial score (nSPS) is 10.8. The van der Waals surface area contributed by atoms with Crippen LogP contribution in [0, 0.1) is 6.92 Å². The molecule has 2 aromatic heterocycles. The largest absolute Gasteiger partial charge is 0.494 e. The van der Waals surface area contributed by atoms with Crippen LogP contribution in [0.5, 0.6) is 5.75 Å². The summed E-state index contributed by atoms with van der Waals surface area (Å²) in [7, 11) is 0. The molecule has 0 aliphatic carbocycles. The maximum absolute atomic E-state index is 12.4. The molecule has 7 heteroatoms. The van der Waals surface area contributed by atoms with E-state index in [1.807, 2.05) is 31.2 Å². The van der Waals surface area contributed by atoms with Gasteiger partial charge in [0.1, 0.15) is 11.3 Å². The average molecular weight is 326 g/mol. The fourth-order valence-corrected chi connectivity index (χ4v) is 2.41. The van der Waals surface area contributed by atoms with Gasteiger partial charge in [-0.2, -0.15) is 0 Å². The highest BCUT2D eigenvalue weighted by Gasteiger charge is 2.14. The molecule has 124 valence electrons. The summed E-state index contributed by atoms with van der Waals surface area (Å²) in [5, 5.41) is 5.58. The number of aryl methyl sites for hydroxylation is 1. The van der Waals surface area contributed by atoms with Crippen LogP contribution in [0.3, 0.4) is 0 Å². The Morgan fingerprint density at radius 1 is 1.33 bits per heavy atom. The van der Waals surface area contributed by atoms with E-state index >= 15 is 0 Å². The van der Waals surface area contributed by atoms with E-state index in [0.717, 1.165) is 11.3 Å². The number of ether oxygens (including phenoxy) is 1. The van der Waals surface area contributed by atoms with Crippen molar-refractivity contribution in [1.29, 1.82) is 0 Å². The average Bonchev–Trinajstić information content (AvgIpc) is 2.98. The lowest BCUT2D eigenvalue weighted by atomic mass is 10.2. The summed E-state index contributed by atoms with van der Waals surface area (Å²) in [5.41, 5.74) is 1.93. The highest BCUT2D eigenvalue weighted by Crippen LogP contribution is 2.12. The lowest BCUT2D eigenvalue weighted by Gasteiger charge is -2.06. The van der Waals surface area contributed by atoms with Crippen LogP contribution < -0.4 is 15.6 Å². The standard InChI is InChI=1S/C17H18N4O3/c1-3-24-13-6-4-12(5-7-13)9-18-17(23)14-10-19-21-15(22)8-11(2)20-16(14)21/h4-8,10,19H,3,9H2,1-2H3,(H,18,23). The molecular formula is C17H18N4O3. The molecule has 24 heavy (non-hydrogen) atoms. The van der Waals surface area contributed by atoms with Crippen molar-refractivity contribution in [1.82, 2.24) is 19.9 Å². The summed E-state index contributed by atoms with van der Waals surface area (Å²) in [4.78, 5) is 28.5. The molecule has 7 nitrogen and oxygen atoms in total. The molecule has 0 aliphatic heterocycles. The van der Waals surface area contributed by atoms with E-state index in [2.05, 4.69) is 15.4 Å². The van der Waals surface area contributed by atoms with Crippen molar-refractivity contribution in [2.24, 2.45) is 0 Å². The topological polar surface area (TPSA) is 88.5 Å². The van der Waals surface area contributed by atoms with Crippen LogP contribution in [-0.4, -0.2) is 27.1 Å². The molecule has 3 aromatic rings. The predicted molar refractivity (Wildman–Crippen MR) is 89.3 cm³/mol. The zero-order valence-electron chi connectivity index (χ0n) is 13.5. The van der Waals surface area contributed by atoms with E-state index < -0.39 is 0 Å². The van der Waals surface area contributed by atoms with Crippen molar-refractivity contribution in [2.75, 3.05) is 6.61 Å². The first-order valence-electron chi connectivity index (χ1n) is 7.66. The Morgan fingerprint density at radius 2 is 2.08 bits per heavy atom. The number of nitrogens with zero attached hydrogens (tertiary/aromatic N) is 2. The molecule has 0 radical (unpaired) electrons. The Balaban J connectivity index is 1.74. The van der Waals surface area contributed by atoms with Crippen LogP contribution in [0.15, 0.2) is 41.3 Å². The maximum Gasteiger partial charge on any atom is 0.272 e. The van der Waals surface area contributed by atoms with Gasteiger partial charge >= 0.3 is 0 Å². The lowest BCUT2D eigenvalue weighted by Crippen LogP contribution is -2.23. The summed E-state index contributed by atoms with van der Waals surface area (Å²) in [6.45, 7) is 4.63. The summed E-state index contributed by atoms with van der Waals surface area (Å²) >= 11 is 0. The molecule has 3 rings (SSSR count). The van der Waals surface area contributed by atoms with Gasteiger partial charge in [-0.1, -0.05) is 12.1 Å². The molecule has 0 spiro atoms. The molecule has 2 heterocycles. The quantitative estimate of drug-likeness (QED) is 0.746. The van der Waals surface area contributed by atoms with Gasteiger partial charge in [-0.05, 0) is 31.5 Å². The second-order valence-electron chi connectivity index (χ2n) is 5.34. The molecule has 1 aromatic carbocycles. The highest BCUT2D eigenvalue weighted by atomic mass is 16.5. The van der Waals surface area contributed by atoms with Crippen LogP contribution in [0.4, 0.5) is 0 Å². The third-order valence-corrected chi connectivity index (χ3v) is 3.56. The van der Waals surface area contributed by atoms with Crippen LogP contribution in [0.25, 0.3) is 5.65 Å². The van der Waals surface area contributed by atoms with Crippen LogP contribution in [0.1, 0.15) is 28.5 Å². The van der Waals surface area contributed by atoms with Crippen molar-refractivity contribution in [2.45, 2.75) is 20.4 Å². The minimum Gasteiger partial charge on any atom is -0.494 e. The molecular weight excluding hydrogens is 308 g/mol. The fraction of sp³-hybridized carbons (Fsp3) is 0.235. The van der Waals surface area contributed by atoms with Crippen LogP contribution >= 0.6 is 0 Å². The molecule has 1 amide bonds. The van der Waals surface area contributed by atoms with Gasteiger partial charge in [0.05, 0.1) is 6.61 Å². The summed E-state index contributed by atoms with van der Waals surface area (Å²) < 4.78 is 6.63. The molecule has 0 saturated heterocycles. The predicted octanol–water partition coefficient (Wildman–Crippen LogP) is 1.66. The van der Waals surface area contributed by atoms with Crippen LogP contribution in [-0.2, 0) is 6.54 Å². The number of aromatic nitrogens is 3. The minimum atomic E-state index is -0.292. The first kappa shape index (κ1) is 15.8. The van der Waals surface area contributed by atoms with Gasteiger partial charge < -0.3 is 10.1 Å². The Morgan fingerprint density at radius 3 is 2.79 bits per heavy atom.